The molecular weight excluding hydrogens is 240 g/mol. The lowest BCUT2D eigenvalue weighted by molar-refractivity contribution is -0.168. The molecule has 1 saturated heterocycles. The first-order valence-corrected chi connectivity index (χ1v) is 6.25. The number of thioether (sulfide) groups is 1. The van der Waals surface area contributed by atoms with Gasteiger partial charge in [0.15, 0.2) is 5.44 Å². The normalized spacial score (nSPS) is 23.4. The predicted molar refractivity (Wildman–Crippen MR) is 63.7 cm³/mol. The molecule has 2 rings (SSSR count). The molecule has 1 heterocycles. The van der Waals surface area contributed by atoms with E-state index in [0.717, 1.165) is 0 Å². The summed E-state index contributed by atoms with van der Waals surface area (Å²) in [5.41, 5.74) is 0.0234. The number of ether oxygens (including phenoxy) is 2. The highest BCUT2D eigenvalue weighted by Gasteiger charge is 2.33. The number of carbonyl (C=O) groups excluding carboxylic acids is 2. The average molecular weight is 252 g/mol. The molecular formula is C12H12O4S. The lowest BCUT2D eigenvalue weighted by atomic mass is 10.1. The van der Waals surface area contributed by atoms with Gasteiger partial charge in [0.05, 0.1) is 5.75 Å². The maximum absolute atomic E-state index is 12.0. The zero-order valence-corrected chi connectivity index (χ0v) is 10.1. The number of ketones is 1. The summed E-state index contributed by atoms with van der Waals surface area (Å²) in [6.45, 7) is 1.32. The van der Waals surface area contributed by atoms with E-state index in [1.54, 1.807) is 24.3 Å². The summed E-state index contributed by atoms with van der Waals surface area (Å²) >= 11 is 1.35. The SMILES string of the molecule is CC(=O)O[C@@H]1CS[C@H](C(=O)c2ccccc2)O1. The van der Waals surface area contributed by atoms with Crippen molar-refractivity contribution in [3.05, 3.63) is 35.9 Å². The van der Waals surface area contributed by atoms with Gasteiger partial charge in [-0.3, -0.25) is 9.59 Å². The molecule has 17 heavy (non-hydrogen) atoms. The van der Waals surface area contributed by atoms with Gasteiger partial charge in [-0.25, -0.2) is 0 Å². The number of carbonyl (C=O) groups is 2. The number of rotatable bonds is 3. The van der Waals surface area contributed by atoms with Crippen molar-refractivity contribution in [1.82, 2.24) is 0 Å². The fourth-order valence-electron chi connectivity index (χ4n) is 1.51. The van der Waals surface area contributed by atoms with Gasteiger partial charge in [-0.1, -0.05) is 30.3 Å². The third kappa shape index (κ3) is 3.08. The number of Topliss-reactive ketones (excluding diaryl/α,β-unsaturated/α-hetero) is 1. The van der Waals surface area contributed by atoms with Gasteiger partial charge in [0.25, 0.3) is 0 Å². The van der Waals surface area contributed by atoms with E-state index in [9.17, 15) is 9.59 Å². The molecule has 0 aromatic heterocycles. The molecule has 0 N–H and O–H groups in total. The fraction of sp³-hybridized carbons (Fsp3) is 0.333. The van der Waals surface area contributed by atoms with Crippen molar-refractivity contribution in [2.24, 2.45) is 0 Å². The van der Waals surface area contributed by atoms with Crippen molar-refractivity contribution < 1.29 is 19.1 Å². The third-order valence-corrected chi connectivity index (χ3v) is 3.32. The van der Waals surface area contributed by atoms with Gasteiger partial charge in [0.1, 0.15) is 0 Å². The molecule has 90 valence electrons. The smallest absolute Gasteiger partial charge is 0.304 e. The molecule has 0 unspecified atom stereocenters. The van der Waals surface area contributed by atoms with Crippen LogP contribution in [0.5, 0.6) is 0 Å². The quantitative estimate of drug-likeness (QED) is 0.607. The summed E-state index contributed by atoms with van der Waals surface area (Å²) in [4.78, 5) is 22.7. The summed E-state index contributed by atoms with van der Waals surface area (Å²) in [6, 6.07) is 8.94. The van der Waals surface area contributed by atoms with Crippen molar-refractivity contribution >= 4 is 23.5 Å². The molecule has 1 aliphatic rings. The molecule has 1 aromatic rings. The van der Waals surface area contributed by atoms with Gasteiger partial charge in [-0.15, -0.1) is 11.8 Å². The molecule has 0 bridgehead atoms. The van der Waals surface area contributed by atoms with E-state index in [2.05, 4.69) is 0 Å². The van der Waals surface area contributed by atoms with Crippen LogP contribution in [-0.2, 0) is 14.3 Å². The lowest BCUT2D eigenvalue weighted by Crippen LogP contribution is -2.23. The van der Waals surface area contributed by atoms with Crippen LogP contribution in [0.4, 0.5) is 0 Å². The average Bonchev–Trinajstić information content (AvgIpc) is 2.77. The van der Waals surface area contributed by atoms with E-state index >= 15 is 0 Å². The molecule has 1 fully saturated rings. The second kappa shape index (κ2) is 5.33. The Balaban J connectivity index is 1.97. The number of esters is 1. The Bertz CT molecular complexity index is 418. The van der Waals surface area contributed by atoms with Crippen LogP contribution in [0.25, 0.3) is 0 Å². The number of hydrogen-bond acceptors (Lipinski definition) is 5. The topological polar surface area (TPSA) is 52.6 Å². The summed E-state index contributed by atoms with van der Waals surface area (Å²) < 4.78 is 10.3. The van der Waals surface area contributed by atoms with Gasteiger partial charge in [0.2, 0.25) is 12.1 Å². The molecule has 4 nitrogen and oxygen atoms in total. The summed E-state index contributed by atoms with van der Waals surface area (Å²) in [5, 5.41) is 0. The van der Waals surface area contributed by atoms with Crippen LogP contribution in [0.2, 0.25) is 0 Å². The van der Waals surface area contributed by atoms with E-state index in [1.807, 2.05) is 6.07 Å². The minimum atomic E-state index is -0.616. The fourth-order valence-corrected chi connectivity index (χ4v) is 2.47. The number of hydrogen-bond donors (Lipinski definition) is 0. The maximum Gasteiger partial charge on any atom is 0.304 e. The first kappa shape index (κ1) is 12.1. The molecule has 2 atom stereocenters. The Hall–Kier alpha value is -1.33. The number of benzene rings is 1. The molecule has 0 amide bonds. The van der Waals surface area contributed by atoms with Gasteiger partial charge >= 0.3 is 5.97 Å². The predicted octanol–water partition coefficient (Wildman–Crippen LogP) is 1.85. The molecule has 0 saturated carbocycles. The summed E-state index contributed by atoms with van der Waals surface area (Å²) in [5.74, 6) is -0.00307. The highest BCUT2D eigenvalue weighted by Crippen LogP contribution is 2.28. The van der Waals surface area contributed by atoms with E-state index < -0.39 is 17.7 Å². The van der Waals surface area contributed by atoms with E-state index in [4.69, 9.17) is 9.47 Å². The van der Waals surface area contributed by atoms with Crippen LogP contribution in [0, 0.1) is 0 Å². The zero-order chi connectivity index (χ0) is 12.3. The van der Waals surface area contributed by atoms with Gasteiger partial charge in [-0.2, -0.15) is 0 Å². The monoisotopic (exact) mass is 252 g/mol. The highest BCUT2D eigenvalue weighted by atomic mass is 32.2. The molecule has 0 aliphatic carbocycles. The van der Waals surface area contributed by atoms with E-state index in [0.29, 0.717) is 11.3 Å². The van der Waals surface area contributed by atoms with Crippen molar-refractivity contribution in [2.45, 2.75) is 18.6 Å². The first-order chi connectivity index (χ1) is 8.16. The second-order valence-electron chi connectivity index (χ2n) is 3.57. The molecule has 1 aromatic carbocycles. The van der Waals surface area contributed by atoms with Crippen LogP contribution in [0.3, 0.4) is 0 Å². The van der Waals surface area contributed by atoms with Crippen molar-refractivity contribution in [2.75, 3.05) is 5.75 Å². The van der Waals surface area contributed by atoms with Crippen LogP contribution < -0.4 is 0 Å². The largest absolute Gasteiger partial charge is 0.435 e. The minimum Gasteiger partial charge on any atom is -0.435 e. The Morgan fingerprint density at radius 2 is 2.06 bits per heavy atom. The Morgan fingerprint density at radius 3 is 2.71 bits per heavy atom. The van der Waals surface area contributed by atoms with Crippen LogP contribution in [0.15, 0.2) is 30.3 Å². The van der Waals surface area contributed by atoms with Gasteiger partial charge in [-0.05, 0) is 0 Å². The van der Waals surface area contributed by atoms with Gasteiger partial charge < -0.3 is 9.47 Å². The summed E-state index contributed by atoms with van der Waals surface area (Å²) in [6.07, 6.45) is -0.616. The minimum absolute atomic E-state index is 0.0924. The van der Waals surface area contributed by atoms with E-state index in [1.165, 1.54) is 18.7 Å². The first-order valence-electron chi connectivity index (χ1n) is 5.20. The second-order valence-corrected chi connectivity index (χ2v) is 4.67. The Kier molecular flexibility index (Phi) is 3.81. The third-order valence-electron chi connectivity index (χ3n) is 2.23. The highest BCUT2D eigenvalue weighted by molar-refractivity contribution is 8.00. The van der Waals surface area contributed by atoms with Gasteiger partial charge in [0, 0.05) is 12.5 Å². The van der Waals surface area contributed by atoms with Crippen LogP contribution in [0.1, 0.15) is 17.3 Å². The Labute approximate surface area is 103 Å². The van der Waals surface area contributed by atoms with Crippen LogP contribution >= 0.6 is 11.8 Å². The Morgan fingerprint density at radius 1 is 1.35 bits per heavy atom. The molecule has 5 heteroatoms. The van der Waals surface area contributed by atoms with Crippen LogP contribution in [-0.4, -0.2) is 29.2 Å². The van der Waals surface area contributed by atoms with E-state index in [-0.39, 0.29) is 5.78 Å². The summed E-state index contributed by atoms with van der Waals surface area (Å²) in [7, 11) is 0. The van der Waals surface area contributed by atoms with Crippen molar-refractivity contribution in [3.8, 4) is 0 Å². The van der Waals surface area contributed by atoms with Crippen molar-refractivity contribution in [1.29, 1.82) is 0 Å². The molecule has 0 spiro atoms. The molecule has 1 aliphatic heterocycles. The maximum atomic E-state index is 12.0. The zero-order valence-electron chi connectivity index (χ0n) is 9.29. The molecule has 0 radical (unpaired) electrons. The standard InChI is InChI=1S/C12H12O4S/c1-8(13)15-10-7-17-12(16-10)11(14)9-5-3-2-4-6-9/h2-6,10,12H,7H2,1H3/t10-,12+/m0/s1. The lowest BCUT2D eigenvalue weighted by Gasteiger charge is -2.11. The van der Waals surface area contributed by atoms with Crippen molar-refractivity contribution in [3.63, 3.8) is 0 Å².